The predicted octanol–water partition coefficient (Wildman–Crippen LogP) is 3.20. The molecule has 27 heavy (non-hydrogen) atoms. The number of benzene rings is 1. The van der Waals surface area contributed by atoms with Crippen molar-refractivity contribution in [2.24, 2.45) is 0 Å². The van der Waals surface area contributed by atoms with Gasteiger partial charge in [0, 0.05) is 23.5 Å². The predicted molar refractivity (Wildman–Crippen MR) is 103 cm³/mol. The minimum absolute atomic E-state index is 0.00737. The largest absolute Gasteiger partial charge is 0.493 e. The van der Waals surface area contributed by atoms with Gasteiger partial charge in [-0.3, -0.25) is 19.0 Å². The van der Waals surface area contributed by atoms with Gasteiger partial charge in [-0.1, -0.05) is 6.07 Å². The number of hydrogen-bond acceptors (Lipinski definition) is 6. The van der Waals surface area contributed by atoms with Gasteiger partial charge in [0.05, 0.1) is 12.6 Å². The van der Waals surface area contributed by atoms with Crippen LogP contribution in [0.5, 0.6) is 5.75 Å². The lowest BCUT2D eigenvalue weighted by Gasteiger charge is -2.13. The highest BCUT2D eigenvalue weighted by molar-refractivity contribution is 5.99. The number of pyridine rings is 2. The summed E-state index contributed by atoms with van der Waals surface area (Å²) in [7, 11) is 1.50. The summed E-state index contributed by atoms with van der Waals surface area (Å²) < 4.78 is 6.61. The molecule has 3 aromatic heterocycles. The van der Waals surface area contributed by atoms with Crippen molar-refractivity contribution in [2.45, 2.75) is 6.92 Å². The summed E-state index contributed by atoms with van der Waals surface area (Å²) in [6.07, 6.45) is 3.28. The molecule has 0 aliphatic carbocycles. The van der Waals surface area contributed by atoms with Crippen LogP contribution in [0.25, 0.3) is 16.6 Å². The van der Waals surface area contributed by atoms with Crippen LogP contribution < -0.4 is 15.6 Å². The van der Waals surface area contributed by atoms with Crippen molar-refractivity contribution in [2.75, 3.05) is 12.4 Å². The molecule has 4 rings (SSSR count). The third-order valence-corrected chi connectivity index (χ3v) is 4.26. The molecule has 0 atom stereocenters. The number of nitrogens with one attached hydrogen (secondary N) is 1. The van der Waals surface area contributed by atoms with Crippen LogP contribution in [0.1, 0.15) is 17.3 Å². The van der Waals surface area contributed by atoms with Crippen molar-refractivity contribution in [3.8, 4) is 5.75 Å². The molecule has 0 fully saturated rings. The van der Waals surface area contributed by atoms with Crippen molar-refractivity contribution >= 4 is 33.8 Å². The van der Waals surface area contributed by atoms with Gasteiger partial charge in [-0.2, -0.15) is 0 Å². The Labute approximate surface area is 154 Å². The average Bonchev–Trinajstić information content (AvgIpc) is 2.67. The Hall–Kier alpha value is -3.74. The number of carbonyl (C=O) groups excluding carboxylic acids is 1. The fraction of sp³-hybridized carbons (Fsp3) is 0.100. The van der Waals surface area contributed by atoms with Crippen LogP contribution in [-0.2, 0) is 0 Å². The topological polar surface area (TPSA) is 85.6 Å². The molecule has 1 aromatic carbocycles. The van der Waals surface area contributed by atoms with E-state index in [0.29, 0.717) is 17.1 Å². The first-order valence-corrected chi connectivity index (χ1v) is 8.30. The van der Waals surface area contributed by atoms with Crippen LogP contribution in [0.15, 0.2) is 59.7 Å². The molecule has 0 spiro atoms. The van der Waals surface area contributed by atoms with Gasteiger partial charge in [-0.05, 0) is 43.3 Å². The van der Waals surface area contributed by atoms with Crippen LogP contribution in [0, 0.1) is 0 Å². The third-order valence-electron chi connectivity index (χ3n) is 4.26. The number of nitrogens with zero attached hydrogens (tertiary/aromatic N) is 3. The summed E-state index contributed by atoms with van der Waals surface area (Å²) in [4.78, 5) is 33.8. The second-order valence-corrected chi connectivity index (χ2v) is 6.00. The fourth-order valence-electron chi connectivity index (χ4n) is 2.99. The summed E-state index contributed by atoms with van der Waals surface area (Å²) in [5, 5.41) is 4.03. The molecule has 0 aliphatic heterocycles. The fourth-order valence-corrected chi connectivity index (χ4v) is 2.99. The minimum atomic E-state index is -0.448. The van der Waals surface area contributed by atoms with Crippen molar-refractivity contribution in [1.29, 1.82) is 0 Å². The van der Waals surface area contributed by atoms with Crippen LogP contribution in [0.4, 0.5) is 11.5 Å². The zero-order valence-corrected chi connectivity index (χ0v) is 14.8. The maximum absolute atomic E-state index is 12.9. The van der Waals surface area contributed by atoms with E-state index in [4.69, 9.17) is 4.74 Å². The Morgan fingerprint density at radius 3 is 2.81 bits per heavy atom. The zero-order valence-electron chi connectivity index (χ0n) is 14.8. The molecule has 4 aromatic rings. The quantitative estimate of drug-likeness (QED) is 0.563. The van der Waals surface area contributed by atoms with Gasteiger partial charge in [0.2, 0.25) is 0 Å². The third kappa shape index (κ3) is 2.89. The number of carbonyl (C=O) groups is 1. The molecule has 0 unspecified atom stereocenters. The zero-order chi connectivity index (χ0) is 19.0. The first kappa shape index (κ1) is 16.7. The molecule has 1 N–H and O–H groups in total. The molecule has 0 radical (unpaired) electrons. The second kappa shape index (κ2) is 6.53. The number of ether oxygens (including phenoxy) is 1. The summed E-state index contributed by atoms with van der Waals surface area (Å²) in [6.45, 7) is 1.35. The molecule has 0 bridgehead atoms. The molecule has 0 saturated carbocycles. The number of anilines is 2. The van der Waals surface area contributed by atoms with E-state index in [2.05, 4.69) is 15.3 Å². The number of methoxy groups -OCH3 is 1. The van der Waals surface area contributed by atoms with Gasteiger partial charge >= 0.3 is 0 Å². The van der Waals surface area contributed by atoms with E-state index in [-0.39, 0.29) is 17.2 Å². The van der Waals surface area contributed by atoms with Crippen molar-refractivity contribution < 1.29 is 9.53 Å². The normalized spacial score (nSPS) is 10.9. The lowest BCUT2D eigenvalue weighted by atomic mass is 10.1. The van der Waals surface area contributed by atoms with Crippen LogP contribution in [0.2, 0.25) is 0 Å². The summed E-state index contributed by atoms with van der Waals surface area (Å²) >= 11 is 0. The highest BCUT2D eigenvalue weighted by atomic mass is 16.5. The minimum Gasteiger partial charge on any atom is -0.493 e. The van der Waals surface area contributed by atoms with Crippen LogP contribution in [0.3, 0.4) is 0 Å². The van der Waals surface area contributed by atoms with E-state index in [0.717, 1.165) is 10.9 Å². The van der Waals surface area contributed by atoms with Crippen molar-refractivity contribution in [3.63, 3.8) is 0 Å². The monoisotopic (exact) mass is 360 g/mol. The van der Waals surface area contributed by atoms with Gasteiger partial charge < -0.3 is 10.1 Å². The number of ketones is 1. The SMILES string of the molecule is COc1cccn2c(=O)c(C(C)=O)c(Nc3ccc4ncccc4c3)nc12. The van der Waals surface area contributed by atoms with E-state index in [1.807, 2.05) is 30.3 Å². The molecule has 7 heteroatoms. The summed E-state index contributed by atoms with van der Waals surface area (Å²) in [6, 6.07) is 12.7. The molecular weight excluding hydrogens is 344 g/mol. The van der Waals surface area contributed by atoms with Crippen molar-refractivity contribution in [3.05, 3.63) is 70.8 Å². The number of aromatic nitrogens is 3. The van der Waals surface area contributed by atoms with E-state index >= 15 is 0 Å². The van der Waals surface area contributed by atoms with E-state index in [1.54, 1.807) is 24.5 Å². The highest BCUT2D eigenvalue weighted by Crippen LogP contribution is 2.24. The Morgan fingerprint density at radius 1 is 1.19 bits per heavy atom. The van der Waals surface area contributed by atoms with E-state index < -0.39 is 5.56 Å². The average molecular weight is 360 g/mol. The highest BCUT2D eigenvalue weighted by Gasteiger charge is 2.19. The summed E-state index contributed by atoms with van der Waals surface area (Å²) in [5.41, 5.74) is 1.43. The first-order valence-electron chi connectivity index (χ1n) is 8.30. The lowest BCUT2D eigenvalue weighted by molar-refractivity contribution is 0.101. The van der Waals surface area contributed by atoms with Crippen LogP contribution >= 0.6 is 0 Å². The molecule has 7 nitrogen and oxygen atoms in total. The maximum atomic E-state index is 12.9. The number of fused-ring (bicyclic) bond motifs is 2. The number of Topliss-reactive ketones (excluding diaryl/α,β-unsaturated/α-hetero) is 1. The molecular formula is C20H16N4O3. The van der Waals surface area contributed by atoms with Gasteiger partial charge in [0.15, 0.2) is 17.2 Å². The number of hydrogen-bond donors (Lipinski definition) is 1. The van der Waals surface area contributed by atoms with Gasteiger partial charge in [-0.25, -0.2) is 4.98 Å². The molecule has 134 valence electrons. The lowest BCUT2D eigenvalue weighted by Crippen LogP contribution is -2.24. The smallest absolute Gasteiger partial charge is 0.271 e. The standard InChI is InChI=1S/C20H16N4O3/c1-12(25)17-18(22-14-7-8-15-13(11-14)5-3-9-21-15)23-19-16(27-2)6-4-10-24(19)20(17)26/h3-11,22H,1-2H3. The Kier molecular flexibility index (Phi) is 4.04. The van der Waals surface area contributed by atoms with Gasteiger partial charge in [0.25, 0.3) is 5.56 Å². The Balaban J connectivity index is 1.92. The Morgan fingerprint density at radius 2 is 2.04 bits per heavy atom. The molecule has 0 aliphatic rings. The van der Waals surface area contributed by atoms with E-state index in [9.17, 15) is 9.59 Å². The first-order chi connectivity index (χ1) is 13.1. The second-order valence-electron chi connectivity index (χ2n) is 6.00. The van der Waals surface area contributed by atoms with E-state index in [1.165, 1.54) is 18.4 Å². The maximum Gasteiger partial charge on any atom is 0.271 e. The van der Waals surface area contributed by atoms with Crippen molar-refractivity contribution in [1.82, 2.24) is 14.4 Å². The number of rotatable bonds is 4. The molecule has 0 amide bonds. The molecule has 3 heterocycles. The van der Waals surface area contributed by atoms with Gasteiger partial charge in [0.1, 0.15) is 11.4 Å². The Bertz CT molecular complexity index is 1250. The van der Waals surface area contributed by atoms with Crippen LogP contribution in [-0.4, -0.2) is 27.3 Å². The molecule has 0 saturated heterocycles. The van der Waals surface area contributed by atoms with Gasteiger partial charge in [-0.15, -0.1) is 0 Å². The summed E-state index contributed by atoms with van der Waals surface area (Å²) in [5.74, 6) is 0.269.